The fraction of sp³-hybridized carbons (Fsp3) is 0.243. The van der Waals surface area contributed by atoms with E-state index in [1.165, 1.54) is 87.4 Å². The van der Waals surface area contributed by atoms with Crippen LogP contribution in [0.3, 0.4) is 0 Å². The normalized spacial score (nSPS) is 23.4. The molecule has 5 aromatic carbocycles. The van der Waals surface area contributed by atoms with Gasteiger partial charge in [-0.25, -0.2) is 0 Å². The molecule has 1 heteroatoms. The molecule has 38 heavy (non-hydrogen) atoms. The van der Waals surface area contributed by atoms with Crippen LogP contribution in [-0.4, -0.2) is 0 Å². The predicted molar refractivity (Wildman–Crippen MR) is 161 cm³/mol. The van der Waals surface area contributed by atoms with Crippen LogP contribution in [0.5, 0.6) is 0 Å². The third kappa shape index (κ3) is 3.65. The van der Waals surface area contributed by atoms with Crippen LogP contribution in [0, 0.1) is 11.8 Å². The molecule has 2 atom stereocenters. The van der Waals surface area contributed by atoms with E-state index < -0.39 is 0 Å². The van der Waals surface area contributed by atoms with Crippen molar-refractivity contribution in [3.8, 4) is 33.4 Å². The Balaban J connectivity index is 1.37. The second kappa shape index (κ2) is 8.85. The lowest BCUT2D eigenvalue weighted by molar-refractivity contribution is 0.153. The Morgan fingerprint density at radius 1 is 0.500 bits per heavy atom. The number of hydrogen-bond acceptors (Lipinski definition) is 0. The second-order valence-corrected chi connectivity index (χ2v) is 12.3. The fourth-order valence-electron chi connectivity index (χ4n) is 8.16. The molecule has 5 aromatic rings. The zero-order chi connectivity index (χ0) is 25.2. The van der Waals surface area contributed by atoms with Crippen molar-refractivity contribution in [2.45, 2.75) is 43.9 Å². The maximum absolute atomic E-state index is 7.35. The molecule has 4 bridgehead atoms. The van der Waals surface area contributed by atoms with Gasteiger partial charge in [0.2, 0.25) is 0 Å². The van der Waals surface area contributed by atoms with Crippen molar-refractivity contribution in [1.29, 1.82) is 0 Å². The van der Waals surface area contributed by atoms with E-state index in [9.17, 15) is 0 Å². The molecule has 2 unspecified atom stereocenters. The van der Waals surface area contributed by atoms with Crippen LogP contribution < -0.4 is 0 Å². The Kier molecular flexibility index (Phi) is 5.27. The first-order valence-electron chi connectivity index (χ1n) is 14.2. The minimum atomic E-state index is 0.585. The molecule has 0 heterocycles. The van der Waals surface area contributed by atoms with Crippen molar-refractivity contribution in [3.05, 3.63) is 119 Å². The Bertz CT molecular complexity index is 1660. The highest BCUT2D eigenvalue weighted by Crippen LogP contribution is 2.57. The van der Waals surface area contributed by atoms with Crippen molar-refractivity contribution >= 4 is 22.4 Å². The molecule has 0 nitrogen and oxygen atoms in total. The molecule has 0 N–H and O–H groups in total. The van der Waals surface area contributed by atoms with E-state index in [2.05, 4.69) is 103 Å². The minimum absolute atomic E-state index is 0.585. The molecule has 0 amide bonds. The molecule has 4 aliphatic rings. The van der Waals surface area contributed by atoms with Crippen LogP contribution in [0.15, 0.2) is 103 Å². The summed E-state index contributed by atoms with van der Waals surface area (Å²) in [5, 5.41) is 3.48. The SMILES string of the molecule is Clc1cc(-c2cccc3ccccc23)cc2c1-c1ccc(-c3ccccc3)cc1C1CC3CC(C1)CC2C3. The van der Waals surface area contributed by atoms with Crippen LogP contribution >= 0.6 is 11.6 Å². The predicted octanol–water partition coefficient (Wildman–Crippen LogP) is 10.9. The van der Waals surface area contributed by atoms with E-state index in [1.54, 1.807) is 0 Å². The highest BCUT2D eigenvalue weighted by Gasteiger charge is 2.40. The van der Waals surface area contributed by atoms with E-state index in [4.69, 9.17) is 11.6 Å². The van der Waals surface area contributed by atoms with Crippen LogP contribution in [0.25, 0.3) is 44.2 Å². The van der Waals surface area contributed by atoms with E-state index >= 15 is 0 Å². The summed E-state index contributed by atoms with van der Waals surface area (Å²) in [7, 11) is 0. The summed E-state index contributed by atoms with van der Waals surface area (Å²) >= 11 is 7.35. The van der Waals surface area contributed by atoms with Gasteiger partial charge in [-0.05, 0) is 112 Å². The van der Waals surface area contributed by atoms with Gasteiger partial charge in [-0.15, -0.1) is 0 Å². The van der Waals surface area contributed by atoms with Crippen LogP contribution in [0.4, 0.5) is 0 Å². The van der Waals surface area contributed by atoms with E-state index in [0.29, 0.717) is 11.8 Å². The zero-order valence-corrected chi connectivity index (χ0v) is 22.3. The summed E-state index contributed by atoms with van der Waals surface area (Å²) in [4.78, 5) is 0. The maximum Gasteiger partial charge on any atom is 0.0493 e. The third-order valence-corrected chi connectivity index (χ3v) is 9.97. The van der Waals surface area contributed by atoms with Gasteiger partial charge in [0.15, 0.2) is 0 Å². The monoisotopic (exact) mass is 510 g/mol. The van der Waals surface area contributed by atoms with Crippen molar-refractivity contribution in [2.24, 2.45) is 11.8 Å². The van der Waals surface area contributed by atoms with Gasteiger partial charge in [0.05, 0.1) is 0 Å². The van der Waals surface area contributed by atoms with Crippen LogP contribution in [0.2, 0.25) is 5.02 Å². The average Bonchev–Trinajstić information content (AvgIpc) is 3.01. The quantitative estimate of drug-likeness (QED) is 0.221. The lowest BCUT2D eigenvalue weighted by Gasteiger charge is -2.42. The van der Waals surface area contributed by atoms with E-state index in [1.807, 2.05) is 0 Å². The van der Waals surface area contributed by atoms with Gasteiger partial charge < -0.3 is 0 Å². The molecule has 0 saturated heterocycles. The van der Waals surface area contributed by atoms with Gasteiger partial charge in [0.25, 0.3) is 0 Å². The van der Waals surface area contributed by atoms with Crippen molar-refractivity contribution in [3.63, 3.8) is 0 Å². The topological polar surface area (TPSA) is 0 Å². The Labute approximate surface area is 230 Å². The summed E-state index contributed by atoms with van der Waals surface area (Å²) in [6.45, 7) is 0. The summed E-state index contributed by atoms with van der Waals surface area (Å²) in [6.07, 6.45) is 6.65. The number of benzene rings is 5. The zero-order valence-electron chi connectivity index (χ0n) is 21.5. The fourth-order valence-corrected chi connectivity index (χ4v) is 8.49. The number of hydrogen-bond donors (Lipinski definition) is 0. The van der Waals surface area contributed by atoms with Crippen molar-refractivity contribution in [2.75, 3.05) is 0 Å². The Morgan fingerprint density at radius 3 is 2.00 bits per heavy atom. The standard InChI is InChI=1S/C37H31Cl/c38-36-22-30(32-12-6-10-26-9-4-5-11-31(26)32)21-35-29-18-23-15-24(19-29)17-28(16-23)34-20-27(13-14-33(34)37(35)36)25-7-2-1-3-8-25/h1-14,20-24,28-29H,15-19H2. The first-order chi connectivity index (χ1) is 18.7. The first kappa shape index (κ1) is 22.6. The van der Waals surface area contributed by atoms with E-state index in [0.717, 1.165) is 16.9 Å². The third-order valence-electron chi connectivity index (χ3n) is 9.67. The first-order valence-corrected chi connectivity index (χ1v) is 14.6. The lowest BCUT2D eigenvalue weighted by atomic mass is 9.63. The molecule has 186 valence electrons. The molecular weight excluding hydrogens is 480 g/mol. The van der Waals surface area contributed by atoms with Crippen molar-refractivity contribution in [1.82, 2.24) is 0 Å². The van der Waals surface area contributed by atoms with Gasteiger partial charge in [0, 0.05) is 10.6 Å². The van der Waals surface area contributed by atoms with Crippen LogP contribution in [-0.2, 0) is 0 Å². The molecule has 9 rings (SSSR count). The summed E-state index contributed by atoms with van der Waals surface area (Å²) < 4.78 is 0. The Morgan fingerprint density at radius 2 is 1.18 bits per heavy atom. The number of fused-ring (bicyclic) bond motifs is 1. The Hall–Kier alpha value is -3.35. The smallest absolute Gasteiger partial charge is 0.0493 e. The van der Waals surface area contributed by atoms with Gasteiger partial charge in [-0.1, -0.05) is 109 Å². The van der Waals surface area contributed by atoms with Gasteiger partial charge in [-0.3, -0.25) is 0 Å². The summed E-state index contributed by atoms with van der Waals surface area (Å²) in [5.74, 6) is 2.84. The second-order valence-electron chi connectivity index (χ2n) is 11.9. The van der Waals surface area contributed by atoms with E-state index in [-0.39, 0.29) is 0 Å². The van der Waals surface area contributed by atoms with Gasteiger partial charge in [-0.2, -0.15) is 0 Å². The molecular formula is C37H31Cl. The summed E-state index contributed by atoms with van der Waals surface area (Å²) in [5.41, 5.74) is 10.8. The highest BCUT2D eigenvalue weighted by molar-refractivity contribution is 6.34. The molecule has 0 aromatic heterocycles. The molecule has 4 aliphatic carbocycles. The molecule has 0 spiro atoms. The van der Waals surface area contributed by atoms with Crippen molar-refractivity contribution < 1.29 is 0 Å². The molecule has 0 aliphatic heterocycles. The largest absolute Gasteiger partial charge is 0.0836 e. The molecule has 2 saturated carbocycles. The number of rotatable bonds is 2. The lowest BCUT2D eigenvalue weighted by Crippen LogP contribution is -2.29. The average molecular weight is 511 g/mol. The number of halogens is 1. The van der Waals surface area contributed by atoms with Crippen LogP contribution in [0.1, 0.15) is 55.1 Å². The highest BCUT2D eigenvalue weighted by atomic mass is 35.5. The minimum Gasteiger partial charge on any atom is -0.0836 e. The van der Waals surface area contributed by atoms with Gasteiger partial charge in [0.1, 0.15) is 0 Å². The van der Waals surface area contributed by atoms with Gasteiger partial charge >= 0.3 is 0 Å². The molecule has 0 radical (unpaired) electrons. The molecule has 2 fully saturated rings. The maximum atomic E-state index is 7.35. The summed E-state index contributed by atoms with van der Waals surface area (Å²) in [6, 6.07) is 38.1.